The van der Waals surface area contributed by atoms with Gasteiger partial charge in [0.1, 0.15) is 11.8 Å². The van der Waals surface area contributed by atoms with Gasteiger partial charge in [-0.1, -0.05) is 12.1 Å². The number of nitro groups is 1. The maximum Gasteiger partial charge on any atom is 0.416 e. The van der Waals surface area contributed by atoms with Crippen LogP contribution in [0.1, 0.15) is 18.1 Å². The third kappa shape index (κ3) is 4.41. The molecule has 3 heterocycles. The number of fused-ring (bicyclic) bond motifs is 1. The summed E-state index contributed by atoms with van der Waals surface area (Å²) in [4.78, 5) is 18.7. The number of benzene rings is 1. The van der Waals surface area contributed by atoms with Crippen molar-refractivity contribution in [3.05, 3.63) is 51.7 Å². The summed E-state index contributed by atoms with van der Waals surface area (Å²) in [6.45, 7) is 6.94. The zero-order chi connectivity index (χ0) is 21.5. The second-order valence-electron chi connectivity index (χ2n) is 8.07. The van der Waals surface area contributed by atoms with Gasteiger partial charge in [-0.05, 0) is 29.5 Å². The van der Waals surface area contributed by atoms with Crippen LogP contribution in [0.25, 0.3) is 0 Å². The van der Waals surface area contributed by atoms with Gasteiger partial charge in [-0.2, -0.15) is 13.2 Å². The molecule has 2 aliphatic heterocycles. The zero-order valence-corrected chi connectivity index (χ0v) is 16.4. The van der Waals surface area contributed by atoms with Crippen LogP contribution in [0.2, 0.25) is 0 Å². The Labute approximate surface area is 171 Å². The molecule has 0 saturated carbocycles. The van der Waals surface area contributed by atoms with Crippen molar-refractivity contribution < 1.29 is 22.8 Å². The van der Waals surface area contributed by atoms with Crippen molar-refractivity contribution in [2.75, 3.05) is 32.7 Å². The molecular formula is C19H22F3N5O3. The summed E-state index contributed by atoms with van der Waals surface area (Å²) in [5.74, 6) is -0.219. The molecule has 0 aliphatic carbocycles. The molecule has 0 bridgehead atoms. The summed E-state index contributed by atoms with van der Waals surface area (Å²) in [7, 11) is 0. The number of hydrogen-bond donors (Lipinski definition) is 0. The van der Waals surface area contributed by atoms with E-state index in [1.54, 1.807) is 4.57 Å². The molecule has 4 rings (SSSR count). The van der Waals surface area contributed by atoms with Crippen molar-refractivity contribution >= 4 is 5.82 Å². The van der Waals surface area contributed by atoms with E-state index in [0.29, 0.717) is 19.6 Å². The van der Waals surface area contributed by atoms with Crippen molar-refractivity contribution in [3.8, 4) is 6.01 Å². The van der Waals surface area contributed by atoms with Gasteiger partial charge in [-0.15, -0.1) is 0 Å². The summed E-state index contributed by atoms with van der Waals surface area (Å²) < 4.78 is 45.6. The number of hydrogen-bond acceptors (Lipinski definition) is 6. The summed E-state index contributed by atoms with van der Waals surface area (Å²) in [6, 6.07) is 5.58. The Morgan fingerprint density at radius 3 is 2.37 bits per heavy atom. The average molecular weight is 425 g/mol. The monoisotopic (exact) mass is 425 g/mol. The molecule has 2 aromatic rings. The molecule has 2 aliphatic rings. The summed E-state index contributed by atoms with van der Waals surface area (Å²) >= 11 is 0. The molecule has 1 saturated heterocycles. The summed E-state index contributed by atoms with van der Waals surface area (Å²) in [6.07, 6.45) is -2.92. The topological polar surface area (TPSA) is 76.7 Å². The van der Waals surface area contributed by atoms with Gasteiger partial charge in [0.15, 0.2) is 0 Å². The van der Waals surface area contributed by atoms with E-state index in [9.17, 15) is 23.3 Å². The maximum atomic E-state index is 12.7. The fraction of sp³-hybridized carbons (Fsp3) is 0.526. The van der Waals surface area contributed by atoms with Gasteiger partial charge < -0.3 is 14.9 Å². The Hall–Kier alpha value is -2.66. The van der Waals surface area contributed by atoms with Crippen molar-refractivity contribution in [2.45, 2.75) is 31.8 Å². The summed E-state index contributed by atoms with van der Waals surface area (Å²) in [5.41, 5.74) is -0.284. The number of ether oxygens (including phenoxy) is 1. The predicted octanol–water partition coefficient (Wildman–Crippen LogP) is 2.78. The molecule has 0 N–H and O–H groups in total. The van der Waals surface area contributed by atoms with Gasteiger partial charge >= 0.3 is 18.0 Å². The fourth-order valence-electron chi connectivity index (χ4n) is 4.00. The van der Waals surface area contributed by atoms with E-state index in [-0.39, 0.29) is 11.8 Å². The number of imidazole rings is 1. The van der Waals surface area contributed by atoms with Crippen LogP contribution in [-0.2, 0) is 19.3 Å². The molecule has 0 spiro atoms. The van der Waals surface area contributed by atoms with Crippen LogP contribution < -0.4 is 4.74 Å². The van der Waals surface area contributed by atoms with Crippen LogP contribution in [0.5, 0.6) is 6.01 Å². The average Bonchev–Trinajstić information content (AvgIpc) is 3.18. The van der Waals surface area contributed by atoms with Crippen molar-refractivity contribution in [1.29, 1.82) is 0 Å². The van der Waals surface area contributed by atoms with Gasteiger partial charge in [-0.3, -0.25) is 14.4 Å². The molecule has 1 atom stereocenters. The first kappa shape index (κ1) is 20.6. The molecule has 0 amide bonds. The van der Waals surface area contributed by atoms with Gasteiger partial charge in [0.2, 0.25) is 0 Å². The smallest absolute Gasteiger partial charge is 0.416 e. The van der Waals surface area contributed by atoms with Crippen molar-refractivity contribution in [1.82, 2.24) is 19.4 Å². The first-order valence-corrected chi connectivity index (χ1v) is 9.63. The van der Waals surface area contributed by atoms with E-state index < -0.39 is 22.3 Å². The zero-order valence-electron chi connectivity index (χ0n) is 16.4. The van der Waals surface area contributed by atoms with Gasteiger partial charge in [0.25, 0.3) is 0 Å². The predicted molar refractivity (Wildman–Crippen MR) is 101 cm³/mol. The minimum atomic E-state index is -4.32. The van der Waals surface area contributed by atoms with E-state index in [1.807, 2.05) is 6.92 Å². The fourth-order valence-corrected chi connectivity index (χ4v) is 4.00. The largest absolute Gasteiger partial charge is 0.436 e. The Kier molecular flexibility index (Phi) is 5.18. The highest BCUT2D eigenvalue weighted by molar-refractivity contribution is 5.25. The first-order valence-electron chi connectivity index (χ1n) is 9.63. The third-order valence-electron chi connectivity index (χ3n) is 5.47. The Morgan fingerprint density at radius 1 is 1.17 bits per heavy atom. The quantitative estimate of drug-likeness (QED) is 0.542. The number of halogens is 3. The highest BCUT2D eigenvalue weighted by Gasteiger charge is 2.41. The first-order chi connectivity index (χ1) is 14.1. The SMILES string of the molecule is C[C@@]1(CN2CCN(Cc3ccc(C(F)(F)F)cc3)CC2)Cn2cc([N+](=O)[O-])nc2O1. The molecule has 0 radical (unpaired) electrons. The molecule has 1 aromatic carbocycles. The lowest BCUT2D eigenvalue weighted by Crippen LogP contribution is -2.52. The molecular weight excluding hydrogens is 403 g/mol. The lowest BCUT2D eigenvalue weighted by atomic mass is 10.1. The molecule has 1 aromatic heterocycles. The van der Waals surface area contributed by atoms with Crippen LogP contribution in [-0.4, -0.2) is 62.6 Å². The lowest BCUT2D eigenvalue weighted by molar-refractivity contribution is -0.389. The van der Waals surface area contributed by atoms with Crippen LogP contribution in [0, 0.1) is 10.1 Å². The molecule has 162 valence electrons. The minimum absolute atomic E-state index is 0.219. The Balaban J connectivity index is 1.27. The van der Waals surface area contributed by atoms with E-state index in [0.717, 1.165) is 43.9 Å². The van der Waals surface area contributed by atoms with Gasteiger partial charge in [0.05, 0.1) is 12.1 Å². The Morgan fingerprint density at radius 2 is 1.80 bits per heavy atom. The second-order valence-corrected chi connectivity index (χ2v) is 8.07. The number of alkyl halides is 3. The van der Waals surface area contributed by atoms with Crippen molar-refractivity contribution in [3.63, 3.8) is 0 Å². The number of rotatable bonds is 5. The van der Waals surface area contributed by atoms with Gasteiger partial charge in [-0.25, -0.2) is 0 Å². The lowest BCUT2D eigenvalue weighted by Gasteiger charge is -2.38. The molecule has 11 heteroatoms. The van der Waals surface area contributed by atoms with E-state index in [2.05, 4.69) is 14.8 Å². The summed E-state index contributed by atoms with van der Waals surface area (Å²) in [5, 5.41) is 10.8. The molecule has 30 heavy (non-hydrogen) atoms. The highest BCUT2D eigenvalue weighted by atomic mass is 19.4. The Bertz CT molecular complexity index is 897. The normalized spacial score (nSPS) is 22.7. The van der Waals surface area contributed by atoms with E-state index in [1.165, 1.54) is 18.3 Å². The number of nitrogens with zero attached hydrogens (tertiary/aromatic N) is 5. The van der Waals surface area contributed by atoms with Crippen molar-refractivity contribution in [2.24, 2.45) is 0 Å². The minimum Gasteiger partial charge on any atom is -0.436 e. The highest BCUT2D eigenvalue weighted by Crippen LogP contribution is 2.32. The van der Waals surface area contributed by atoms with E-state index >= 15 is 0 Å². The molecule has 1 fully saturated rings. The maximum absolute atomic E-state index is 12.7. The van der Waals surface area contributed by atoms with Crippen LogP contribution >= 0.6 is 0 Å². The van der Waals surface area contributed by atoms with Crippen LogP contribution in [0.15, 0.2) is 30.5 Å². The molecule has 8 nitrogen and oxygen atoms in total. The number of aromatic nitrogens is 2. The number of piperazine rings is 1. The standard InChI is InChI=1S/C19H22F3N5O3/c1-18(13-26-11-16(27(28)29)23-17(26)30-18)12-25-8-6-24(7-9-25)10-14-2-4-15(5-3-14)19(20,21)22/h2-5,11H,6-10,12-13H2,1H3/t18-/m1/s1. The third-order valence-corrected chi connectivity index (χ3v) is 5.47. The van der Waals surface area contributed by atoms with E-state index in [4.69, 9.17) is 4.74 Å². The van der Waals surface area contributed by atoms with Crippen LogP contribution in [0.4, 0.5) is 19.0 Å². The van der Waals surface area contributed by atoms with Crippen LogP contribution in [0.3, 0.4) is 0 Å². The second kappa shape index (κ2) is 7.55. The van der Waals surface area contributed by atoms with Gasteiger partial charge in [0, 0.05) is 44.3 Å². The molecule has 0 unspecified atom stereocenters.